The third-order valence-corrected chi connectivity index (χ3v) is 2.02. The van der Waals surface area contributed by atoms with Gasteiger partial charge in [-0.25, -0.2) is 0 Å². The van der Waals surface area contributed by atoms with E-state index < -0.39 is 0 Å². The van der Waals surface area contributed by atoms with Crippen LogP contribution in [0.1, 0.15) is 6.92 Å². The summed E-state index contributed by atoms with van der Waals surface area (Å²) in [6.07, 6.45) is 4.93. The van der Waals surface area contributed by atoms with Crippen LogP contribution in [0.15, 0.2) is 71.9 Å². The molecule has 0 aromatic heterocycles. The van der Waals surface area contributed by atoms with Crippen LogP contribution < -0.4 is 0 Å². The first-order valence-corrected chi connectivity index (χ1v) is 4.94. The molecule has 0 heterocycles. The van der Waals surface area contributed by atoms with E-state index in [2.05, 4.69) is 26.3 Å². The zero-order valence-electron chi connectivity index (χ0n) is 9.39. The number of nitriles is 1. The minimum absolute atomic E-state index is 0.356. The lowest BCUT2D eigenvalue weighted by atomic mass is 10.1. The highest BCUT2D eigenvalue weighted by Gasteiger charge is 2.01. The molecular weight excluding hydrogens is 218 g/mol. The maximum absolute atomic E-state index is 8.51. The van der Waals surface area contributed by atoms with E-state index in [0.717, 1.165) is 5.57 Å². The Morgan fingerprint density at radius 3 is 2.19 bits per heavy atom. The van der Waals surface area contributed by atoms with E-state index >= 15 is 0 Å². The first-order chi connectivity index (χ1) is 7.38. The van der Waals surface area contributed by atoms with Crippen molar-refractivity contribution in [1.82, 2.24) is 0 Å². The van der Waals surface area contributed by atoms with Gasteiger partial charge in [0.15, 0.2) is 0 Å². The van der Waals surface area contributed by atoms with Crippen molar-refractivity contribution in [1.29, 1.82) is 5.26 Å². The minimum atomic E-state index is 0.356. The lowest BCUT2D eigenvalue weighted by Crippen LogP contribution is -1.84. The molecule has 0 saturated carbocycles. The SMILES string of the molecule is C=C(C#N)/C=C\C(=C)C(=C)/C(Cl)=C\C(=C)C. The second-order valence-electron chi connectivity index (χ2n) is 3.31. The van der Waals surface area contributed by atoms with Gasteiger partial charge < -0.3 is 0 Å². The first-order valence-electron chi connectivity index (χ1n) is 4.56. The lowest BCUT2D eigenvalue weighted by Gasteiger charge is -2.03. The molecule has 0 aliphatic carbocycles. The Hall–Kier alpha value is -1.78. The fourth-order valence-electron chi connectivity index (χ4n) is 0.796. The van der Waals surface area contributed by atoms with E-state index in [1.807, 2.05) is 13.0 Å². The molecule has 16 heavy (non-hydrogen) atoms. The second-order valence-corrected chi connectivity index (χ2v) is 3.72. The van der Waals surface area contributed by atoms with Crippen molar-refractivity contribution in [3.63, 3.8) is 0 Å². The highest BCUT2D eigenvalue weighted by molar-refractivity contribution is 6.32. The Morgan fingerprint density at radius 2 is 1.75 bits per heavy atom. The molecule has 0 rings (SSSR count). The van der Waals surface area contributed by atoms with Gasteiger partial charge in [0, 0.05) is 10.6 Å². The molecule has 0 unspecified atom stereocenters. The maximum atomic E-state index is 8.51. The lowest BCUT2D eigenvalue weighted by molar-refractivity contribution is 1.48. The molecule has 0 aromatic carbocycles. The van der Waals surface area contributed by atoms with E-state index in [4.69, 9.17) is 16.9 Å². The van der Waals surface area contributed by atoms with E-state index in [1.165, 1.54) is 0 Å². The predicted molar refractivity (Wildman–Crippen MR) is 70.9 cm³/mol. The maximum Gasteiger partial charge on any atom is 0.0985 e. The minimum Gasteiger partial charge on any atom is -0.192 e. The number of hydrogen-bond acceptors (Lipinski definition) is 1. The summed E-state index contributed by atoms with van der Waals surface area (Å²) in [5.41, 5.74) is 2.43. The summed E-state index contributed by atoms with van der Waals surface area (Å²) >= 11 is 5.99. The van der Waals surface area contributed by atoms with Crippen LogP contribution in [0.2, 0.25) is 0 Å². The van der Waals surface area contributed by atoms with E-state index in [0.29, 0.717) is 21.8 Å². The Balaban J connectivity index is 4.72. The second kappa shape index (κ2) is 6.66. The number of halogens is 1. The molecule has 0 bridgehead atoms. The average Bonchev–Trinajstić information content (AvgIpc) is 2.23. The summed E-state index contributed by atoms with van der Waals surface area (Å²) in [4.78, 5) is 0. The molecule has 0 amide bonds. The first kappa shape index (κ1) is 14.2. The topological polar surface area (TPSA) is 23.8 Å². The molecule has 0 aromatic rings. The summed E-state index contributed by atoms with van der Waals surface area (Å²) < 4.78 is 0. The number of allylic oxidation sites excluding steroid dienone is 8. The predicted octanol–water partition coefficient (Wildman–Crippen LogP) is 4.43. The molecular formula is C14H14ClN. The van der Waals surface area contributed by atoms with Crippen LogP contribution in [0.4, 0.5) is 0 Å². The fourth-order valence-corrected chi connectivity index (χ4v) is 1.10. The van der Waals surface area contributed by atoms with Crippen molar-refractivity contribution in [2.45, 2.75) is 6.92 Å². The smallest absolute Gasteiger partial charge is 0.0985 e. The Labute approximate surface area is 102 Å². The quantitative estimate of drug-likeness (QED) is 0.507. The Bertz CT molecular complexity index is 442. The highest BCUT2D eigenvalue weighted by atomic mass is 35.5. The molecule has 0 aliphatic rings. The zero-order valence-corrected chi connectivity index (χ0v) is 10.1. The summed E-state index contributed by atoms with van der Waals surface area (Å²) in [5, 5.41) is 9.00. The van der Waals surface area contributed by atoms with Gasteiger partial charge in [0.05, 0.1) is 6.07 Å². The van der Waals surface area contributed by atoms with Gasteiger partial charge in [-0.05, 0) is 30.2 Å². The number of hydrogen-bond donors (Lipinski definition) is 0. The summed E-state index contributed by atoms with van der Waals surface area (Å²) in [5.74, 6) is 0. The van der Waals surface area contributed by atoms with Crippen molar-refractivity contribution in [2.75, 3.05) is 0 Å². The molecule has 0 saturated heterocycles. The van der Waals surface area contributed by atoms with E-state index in [1.54, 1.807) is 18.2 Å². The van der Waals surface area contributed by atoms with Crippen LogP contribution in [0, 0.1) is 11.3 Å². The van der Waals surface area contributed by atoms with Crippen molar-refractivity contribution in [2.24, 2.45) is 0 Å². The average molecular weight is 232 g/mol. The van der Waals surface area contributed by atoms with Gasteiger partial charge in [-0.2, -0.15) is 5.26 Å². The normalized spacial score (nSPS) is 10.9. The largest absolute Gasteiger partial charge is 0.192 e. The molecule has 0 fully saturated rings. The molecule has 82 valence electrons. The fraction of sp³-hybridized carbons (Fsp3) is 0.0714. The summed E-state index contributed by atoms with van der Waals surface area (Å²) in [7, 11) is 0. The summed E-state index contributed by atoms with van der Waals surface area (Å²) in [6, 6.07) is 1.91. The van der Waals surface area contributed by atoms with Crippen molar-refractivity contribution in [3.8, 4) is 6.07 Å². The van der Waals surface area contributed by atoms with Gasteiger partial charge in [-0.3, -0.25) is 0 Å². The third kappa shape index (κ3) is 5.19. The van der Waals surface area contributed by atoms with Crippen molar-refractivity contribution in [3.05, 3.63) is 71.9 Å². The molecule has 0 atom stereocenters. The van der Waals surface area contributed by atoms with Gasteiger partial charge >= 0.3 is 0 Å². The number of nitrogens with zero attached hydrogens (tertiary/aromatic N) is 1. The standard InChI is InChI=1S/C14H14ClN/c1-10(2)8-14(15)13(5)12(4)7-6-11(3)9-16/h6-8H,1,3-5H2,2H3/b7-6-,14-8+. The van der Waals surface area contributed by atoms with Gasteiger partial charge in [-0.15, -0.1) is 0 Å². The molecule has 0 radical (unpaired) electrons. The van der Waals surface area contributed by atoms with Gasteiger partial charge in [0.1, 0.15) is 0 Å². The van der Waals surface area contributed by atoms with Crippen molar-refractivity contribution >= 4 is 11.6 Å². The van der Waals surface area contributed by atoms with Crippen LogP contribution >= 0.6 is 11.6 Å². The van der Waals surface area contributed by atoms with Crippen LogP contribution in [0.25, 0.3) is 0 Å². The third-order valence-electron chi connectivity index (χ3n) is 1.68. The molecule has 2 heteroatoms. The monoisotopic (exact) mass is 231 g/mol. The van der Waals surface area contributed by atoms with Crippen LogP contribution in [-0.2, 0) is 0 Å². The zero-order chi connectivity index (χ0) is 12.7. The number of rotatable bonds is 5. The van der Waals surface area contributed by atoms with Gasteiger partial charge in [-0.1, -0.05) is 49.6 Å². The van der Waals surface area contributed by atoms with Crippen LogP contribution in [0.3, 0.4) is 0 Å². The van der Waals surface area contributed by atoms with Crippen LogP contribution in [-0.4, -0.2) is 0 Å². The van der Waals surface area contributed by atoms with E-state index in [-0.39, 0.29) is 0 Å². The molecule has 0 aliphatic heterocycles. The Morgan fingerprint density at radius 1 is 1.19 bits per heavy atom. The van der Waals surface area contributed by atoms with Crippen LogP contribution in [0.5, 0.6) is 0 Å². The van der Waals surface area contributed by atoms with Gasteiger partial charge in [0.2, 0.25) is 0 Å². The van der Waals surface area contributed by atoms with Gasteiger partial charge in [0.25, 0.3) is 0 Å². The van der Waals surface area contributed by atoms with E-state index in [9.17, 15) is 0 Å². The van der Waals surface area contributed by atoms with Crippen molar-refractivity contribution < 1.29 is 0 Å². The molecule has 1 nitrogen and oxygen atoms in total. The highest BCUT2D eigenvalue weighted by Crippen LogP contribution is 2.22. The molecule has 0 N–H and O–H groups in total. The Kier molecular flexibility index (Phi) is 5.92. The summed E-state index contributed by atoms with van der Waals surface area (Å²) in [6.45, 7) is 16.7. The molecule has 0 spiro atoms.